The van der Waals surface area contributed by atoms with Crippen LogP contribution in [-0.2, 0) is 16.6 Å². The van der Waals surface area contributed by atoms with Crippen LogP contribution in [0.4, 0.5) is 5.69 Å². The number of rotatable bonds is 5. The van der Waals surface area contributed by atoms with Crippen LogP contribution in [0.15, 0.2) is 45.9 Å². The molecule has 2 aromatic rings. The summed E-state index contributed by atoms with van der Waals surface area (Å²) in [5, 5.41) is 9.36. The zero-order valence-electron chi connectivity index (χ0n) is 11.2. The first kappa shape index (κ1) is 14.6. The van der Waals surface area contributed by atoms with Crippen LogP contribution in [0.1, 0.15) is 24.6 Å². The van der Waals surface area contributed by atoms with Crippen molar-refractivity contribution in [2.75, 3.05) is 4.72 Å². The topological polar surface area (TPSA) is 71.3 Å². The van der Waals surface area contributed by atoms with Gasteiger partial charge >= 0.3 is 0 Å². The third-order valence-electron chi connectivity index (χ3n) is 3.40. The summed E-state index contributed by atoms with van der Waals surface area (Å²) < 4.78 is 30.0. The van der Waals surface area contributed by atoms with Crippen LogP contribution in [0.5, 0.6) is 0 Å². The van der Waals surface area contributed by atoms with Gasteiger partial charge in [0, 0.05) is 28.1 Å². The van der Waals surface area contributed by atoms with E-state index in [1.807, 2.05) is 10.6 Å². The third-order valence-corrected chi connectivity index (χ3v) is 5.24. The van der Waals surface area contributed by atoms with Gasteiger partial charge in [0.2, 0.25) is 0 Å². The molecule has 1 aromatic carbocycles. The Hall–Kier alpha value is -1.31. The van der Waals surface area contributed by atoms with Gasteiger partial charge in [-0.15, -0.1) is 0 Å². The van der Waals surface area contributed by atoms with E-state index in [4.69, 9.17) is 0 Å². The average Bonchev–Trinajstić information content (AvgIpc) is 3.16. The molecular formula is C14H15BrN2O3S. The van der Waals surface area contributed by atoms with Crippen molar-refractivity contribution in [2.45, 2.75) is 30.4 Å². The van der Waals surface area contributed by atoms with Crippen molar-refractivity contribution in [1.82, 2.24) is 4.57 Å². The molecule has 1 heterocycles. The minimum atomic E-state index is -3.65. The molecule has 0 unspecified atom stereocenters. The maximum Gasteiger partial charge on any atom is 0.263 e. The van der Waals surface area contributed by atoms with Crippen molar-refractivity contribution in [3.63, 3.8) is 0 Å². The van der Waals surface area contributed by atoms with E-state index in [0.29, 0.717) is 17.4 Å². The Balaban J connectivity index is 1.91. The summed E-state index contributed by atoms with van der Waals surface area (Å²) in [6.45, 7) is -0.164. The van der Waals surface area contributed by atoms with Gasteiger partial charge in [-0.25, -0.2) is 8.42 Å². The highest BCUT2D eigenvalue weighted by atomic mass is 79.9. The lowest BCUT2D eigenvalue weighted by atomic mass is 10.3. The first-order chi connectivity index (χ1) is 9.99. The molecule has 0 aliphatic heterocycles. The molecule has 1 aliphatic carbocycles. The maximum atomic E-state index is 12.4. The standard InChI is InChI=1S/C14H15BrN2O3S/c15-10-2-1-3-11(6-10)16-21(19,20)14-7-13(9-18)17(8-14)12-4-5-12/h1-3,6-8,12,16,18H,4-5,9H2. The second-order valence-corrected chi connectivity index (χ2v) is 7.68. The summed E-state index contributed by atoms with van der Waals surface area (Å²) in [6.07, 6.45) is 3.66. The van der Waals surface area contributed by atoms with Crippen LogP contribution in [0.25, 0.3) is 0 Å². The van der Waals surface area contributed by atoms with Crippen LogP contribution >= 0.6 is 15.9 Å². The number of nitrogens with one attached hydrogen (secondary N) is 1. The Labute approximate surface area is 131 Å². The second-order valence-electron chi connectivity index (χ2n) is 5.08. The van der Waals surface area contributed by atoms with Crippen molar-refractivity contribution in [3.8, 4) is 0 Å². The van der Waals surface area contributed by atoms with Crippen LogP contribution in [0, 0.1) is 0 Å². The summed E-state index contributed by atoms with van der Waals surface area (Å²) in [5.41, 5.74) is 1.13. The lowest BCUT2D eigenvalue weighted by molar-refractivity contribution is 0.270. The SMILES string of the molecule is O=S(=O)(Nc1cccc(Br)c1)c1cc(CO)n(C2CC2)c1. The van der Waals surface area contributed by atoms with E-state index in [1.54, 1.807) is 24.4 Å². The minimum Gasteiger partial charge on any atom is -0.390 e. The fourth-order valence-electron chi connectivity index (χ4n) is 2.23. The maximum absolute atomic E-state index is 12.4. The Kier molecular flexibility index (Phi) is 3.81. The Morgan fingerprint density at radius 1 is 1.33 bits per heavy atom. The van der Waals surface area contributed by atoms with Crippen molar-refractivity contribution >= 4 is 31.6 Å². The molecule has 0 atom stereocenters. The van der Waals surface area contributed by atoms with Gasteiger partial charge in [-0.05, 0) is 37.1 Å². The van der Waals surface area contributed by atoms with Gasteiger partial charge in [0.1, 0.15) is 4.90 Å². The van der Waals surface area contributed by atoms with E-state index >= 15 is 0 Å². The number of halogens is 1. The molecule has 2 N–H and O–H groups in total. The predicted octanol–water partition coefficient (Wildman–Crippen LogP) is 2.88. The smallest absolute Gasteiger partial charge is 0.263 e. The summed E-state index contributed by atoms with van der Waals surface area (Å²) in [4.78, 5) is 0.179. The lowest BCUT2D eigenvalue weighted by Crippen LogP contribution is -2.12. The number of hydrogen-bond acceptors (Lipinski definition) is 3. The number of aliphatic hydroxyl groups is 1. The molecule has 1 fully saturated rings. The van der Waals surface area contributed by atoms with Gasteiger partial charge in [-0.1, -0.05) is 22.0 Å². The molecule has 112 valence electrons. The monoisotopic (exact) mass is 370 g/mol. The first-order valence-corrected chi connectivity index (χ1v) is 8.87. The number of aromatic nitrogens is 1. The fourth-order valence-corrected chi connectivity index (χ4v) is 3.73. The van der Waals surface area contributed by atoms with Gasteiger partial charge < -0.3 is 9.67 Å². The molecule has 7 heteroatoms. The molecule has 0 saturated heterocycles. The molecule has 1 saturated carbocycles. The summed E-state index contributed by atoms with van der Waals surface area (Å²) in [6, 6.07) is 8.82. The summed E-state index contributed by atoms with van der Waals surface area (Å²) >= 11 is 3.31. The number of nitrogens with zero attached hydrogens (tertiary/aromatic N) is 1. The van der Waals surface area contributed by atoms with E-state index in [-0.39, 0.29) is 11.5 Å². The van der Waals surface area contributed by atoms with E-state index in [0.717, 1.165) is 17.3 Å². The Morgan fingerprint density at radius 2 is 2.10 bits per heavy atom. The predicted molar refractivity (Wildman–Crippen MR) is 83.6 cm³/mol. The highest BCUT2D eigenvalue weighted by Gasteiger charge is 2.28. The molecule has 21 heavy (non-hydrogen) atoms. The van der Waals surface area contributed by atoms with Crippen LogP contribution in [0.3, 0.4) is 0 Å². The molecular weight excluding hydrogens is 356 g/mol. The molecule has 0 spiro atoms. The van der Waals surface area contributed by atoms with Crippen molar-refractivity contribution in [3.05, 3.63) is 46.7 Å². The lowest BCUT2D eigenvalue weighted by Gasteiger charge is -2.06. The average molecular weight is 371 g/mol. The zero-order chi connectivity index (χ0) is 15.0. The van der Waals surface area contributed by atoms with Gasteiger partial charge in [-0.3, -0.25) is 4.72 Å². The molecule has 5 nitrogen and oxygen atoms in total. The fraction of sp³-hybridized carbons (Fsp3) is 0.286. The van der Waals surface area contributed by atoms with E-state index in [1.165, 1.54) is 6.07 Å². The Bertz CT molecular complexity index is 766. The van der Waals surface area contributed by atoms with Crippen molar-refractivity contribution < 1.29 is 13.5 Å². The highest BCUT2D eigenvalue weighted by Crippen LogP contribution is 2.37. The molecule has 0 bridgehead atoms. The highest BCUT2D eigenvalue weighted by molar-refractivity contribution is 9.10. The molecule has 0 radical (unpaired) electrons. The van der Waals surface area contributed by atoms with Gasteiger partial charge in [-0.2, -0.15) is 0 Å². The normalized spacial score (nSPS) is 15.1. The quantitative estimate of drug-likeness (QED) is 0.849. The summed E-state index contributed by atoms with van der Waals surface area (Å²) in [7, 11) is -3.65. The van der Waals surface area contributed by atoms with Crippen LogP contribution in [-0.4, -0.2) is 18.1 Å². The molecule has 1 aliphatic rings. The number of anilines is 1. The number of benzene rings is 1. The van der Waals surface area contributed by atoms with E-state index < -0.39 is 10.0 Å². The molecule has 3 rings (SSSR count). The minimum absolute atomic E-state index is 0.164. The summed E-state index contributed by atoms with van der Waals surface area (Å²) in [5.74, 6) is 0. The van der Waals surface area contributed by atoms with Crippen LogP contribution in [0.2, 0.25) is 0 Å². The Morgan fingerprint density at radius 3 is 2.71 bits per heavy atom. The van der Waals surface area contributed by atoms with Crippen LogP contribution < -0.4 is 4.72 Å². The van der Waals surface area contributed by atoms with Gasteiger partial charge in [0.15, 0.2) is 0 Å². The van der Waals surface area contributed by atoms with Gasteiger partial charge in [0.05, 0.1) is 6.61 Å². The second kappa shape index (κ2) is 5.47. The first-order valence-electron chi connectivity index (χ1n) is 6.59. The van der Waals surface area contributed by atoms with Crippen molar-refractivity contribution in [2.24, 2.45) is 0 Å². The van der Waals surface area contributed by atoms with E-state index in [9.17, 15) is 13.5 Å². The largest absolute Gasteiger partial charge is 0.390 e. The molecule has 1 aromatic heterocycles. The molecule has 0 amide bonds. The zero-order valence-corrected chi connectivity index (χ0v) is 13.6. The number of sulfonamides is 1. The van der Waals surface area contributed by atoms with Gasteiger partial charge in [0.25, 0.3) is 10.0 Å². The number of aliphatic hydroxyl groups excluding tert-OH is 1. The third kappa shape index (κ3) is 3.14. The number of hydrogen-bond donors (Lipinski definition) is 2. The van der Waals surface area contributed by atoms with Crippen molar-refractivity contribution in [1.29, 1.82) is 0 Å². The van der Waals surface area contributed by atoms with E-state index in [2.05, 4.69) is 20.7 Å².